The van der Waals surface area contributed by atoms with Gasteiger partial charge in [0.25, 0.3) is 0 Å². The first-order valence-electron chi connectivity index (χ1n) is 16.5. The Morgan fingerprint density at radius 3 is 1.70 bits per heavy atom. The van der Waals surface area contributed by atoms with Gasteiger partial charge in [0.1, 0.15) is 0 Å². The highest BCUT2D eigenvalue weighted by molar-refractivity contribution is 6.25. The van der Waals surface area contributed by atoms with Crippen LogP contribution >= 0.6 is 0 Å². The SMILES string of the molecule is CCC1=C(C)C2=CC3=C=C(C=C4N=C(C=c5[nH]c(c(-c6ccccc6)c5-c5ccccc5)=CC1=N2)C(CC)=C4C)C1=CC=CC=C=C31. The molecule has 226 valence electrons. The highest BCUT2D eigenvalue weighted by Gasteiger charge is 2.26. The van der Waals surface area contributed by atoms with Crippen molar-refractivity contribution in [2.45, 2.75) is 40.5 Å². The van der Waals surface area contributed by atoms with E-state index in [1.807, 2.05) is 12.2 Å². The number of hydrogen-bond acceptors (Lipinski definition) is 2. The molecule has 8 bridgehead atoms. The lowest BCUT2D eigenvalue weighted by molar-refractivity contribution is 1.15. The molecule has 47 heavy (non-hydrogen) atoms. The number of nitrogens with one attached hydrogen (secondary N) is 1. The lowest BCUT2D eigenvalue weighted by Crippen LogP contribution is -2.15. The van der Waals surface area contributed by atoms with Crippen molar-refractivity contribution in [2.75, 3.05) is 0 Å². The van der Waals surface area contributed by atoms with Crippen LogP contribution in [0.1, 0.15) is 40.5 Å². The summed E-state index contributed by atoms with van der Waals surface area (Å²) in [4.78, 5) is 14.5. The van der Waals surface area contributed by atoms with Crippen LogP contribution in [0, 0.1) is 0 Å². The van der Waals surface area contributed by atoms with Gasteiger partial charge in [-0.3, -0.25) is 0 Å². The molecule has 3 heteroatoms. The summed E-state index contributed by atoms with van der Waals surface area (Å²) >= 11 is 0. The van der Waals surface area contributed by atoms with Crippen molar-refractivity contribution in [2.24, 2.45) is 9.98 Å². The number of H-pyrrole nitrogens is 1. The van der Waals surface area contributed by atoms with Gasteiger partial charge in [0, 0.05) is 44.1 Å². The summed E-state index contributed by atoms with van der Waals surface area (Å²) in [5, 5.41) is 2.07. The first-order chi connectivity index (χ1) is 23.0. The van der Waals surface area contributed by atoms with Crippen molar-refractivity contribution in [1.29, 1.82) is 0 Å². The summed E-state index contributed by atoms with van der Waals surface area (Å²) in [5.74, 6) is 0. The van der Waals surface area contributed by atoms with E-state index in [-0.39, 0.29) is 0 Å². The van der Waals surface area contributed by atoms with Crippen molar-refractivity contribution >= 4 is 23.6 Å². The molecule has 1 aromatic heterocycles. The molecular weight excluding hydrogens is 571 g/mol. The Hall–Kier alpha value is -5.72. The minimum absolute atomic E-state index is 0.884. The van der Waals surface area contributed by atoms with Gasteiger partial charge in [-0.1, -0.05) is 92.7 Å². The largest absolute Gasteiger partial charge is 0.354 e. The number of aliphatic imine (C=N–C) groups is 2. The third kappa shape index (κ3) is 4.85. The van der Waals surface area contributed by atoms with E-state index < -0.39 is 0 Å². The first-order valence-corrected chi connectivity index (χ1v) is 16.5. The predicted octanol–water partition coefficient (Wildman–Crippen LogP) is 9.10. The van der Waals surface area contributed by atoms with E-state index in [9.17, 15) is 0 Å². The molecule has 5 aliphatic rings. The minimum Gasteiger partial charge on any atom is -0.354 e. The molecule has 0 amide bonds. The van der Waals surface area contributed by atoms with Gasteiger partial charge in [-0.05, 0) is 90.5 Å². The van der Waals surface area contributed by atoms with Crippen molar-refractivity contribution in [3.05, 3.63) is 175 Å². The molecule has 0 saturated carbocycles. The average Bonchev–Trinajstić information content (AvgIpc) is 3.72. The van der Waals surface area contributed by atoms with Gasteiger partial charge in [-0.25, -0.2) is 9.98 Å². The number of benzene rings is 2. The molecule has 4 heterocycles. The maximum absolute atomic E-state index is 5.30. The number of nitrogens with zero attached hydrogens (tertiary/aromatic N) is 2. The fourth-order valence-electron chi connectivity index (χ4n) is 7.22. The van der Waals surface area contributed by atoms with E-state index in [4.69, 9.17) is 9.98 Å². The number of rotatable bonds is 4. The van der Waals surface area contributed by atoms with Gasteiger partial charge in [0.15, 0.2) is 0 Å². The molecule has 0 unspecified atom stereocenters. The van der Waals surface area contributed by atoms with Crippen molar-refractivity contribution in [1.82, 2.24) is 4.98 Å². The summed E-state index contributed by atoms with van der Waals surface area (Å²) < 4.78 is 0. The molecule has 0 spiro atoms. The summed E-state index contributed by atoms with van der Waals surface area (Å²) in [7, 11) is 0. The fraction of sp³-hybridized carbons (Fsp3) is 0.136. The van der Waals surface area contributed by atoms with Crippen LogP contribution in [0.2, 0.25) is 0 Å². The van der Waals surface area contributed by atoms with Gasteiger partial charge in [-0.2, -0.15) is 0 Å². The van der Waals surface area contributed by atoms with Gasteiger partial charge in [-0.15, -0.1) is 11.5 Å². The number of allylic oxidation sites excluding steroid dienone is 12. The molecule has 0 fully saturated rings. The van der Waals surface area contributed by atoms with Crippen molar-refractivity contribution in [3.63, 3.8) is 0 Å². The Kier molecular flexibility index (Phi) is 7.08. The van der Waals surface area contributed by atoms with Gasteiger partial charge >= 0.3 is 0 Å². The van der Waals surface area contributed by atoms with Crippen LogP contribution in [0.15, 0.2) is 175 Å². The van der Waals surface area contributed by atoms with E-state index in [0.29, 0.717) is 0 Å². The van der Waals surface area contributed by atoms with Crippen LogP contribution < -0.4 is 10.7 Å². The van der Waals surface area contributed by atoms with Crippen molar-refractivity contribution in [3.8, 4) is 22.3 Å². The van der Waals surface area contributed by atoms with Crippen molar-refractivity contribution < 1.29 is 0 Å². The lowest BCUT2D eigenvalue weighted by Gasteiger charge is -2.07. The molecule has 2 aromatic carbocycles. The zero-order valence-corrected chi connectivity index (χ0v) is 27.2. The van der Waals surface area contributed by atoms with Crippen LogP contribution in [0.25, 0.3) is 34.4 Å². The molecule has 1 N–H and O–H groups in total. The van der Waals surface area contributed by atoms with Crippen LogP contribution in [0.3, 0.4) is 0 Å². The van der Waals surface area contributed by atoms with Crippen LogP contribution in [0.4, 0.5) is 0 Å². The molecule has 3 nitrogen and oxygen atoms in total. The third-order valence-electron chi connectivity index (χ3n) is 9.58. The highest BCUT2D eigenvalue weighted by atomic mass is 14.8. The summed E-state index contributed by atoms with van der Waals surface area (Å²) in [6, 6.07) is 21.4. The average molecular weight is 606 g/mol. The van der Waals surface area contributed by atoms with Gasteiger partial charge < -0.3 is 4.98 Å². The second-order valence-corrected chi connectivity index (χ2v) is 12.3. The van der Waals surface area contributed by atoms with E-state index in [1.165, 1.54) is 22.3 Å². The topological polar surface area (TPSA) is 40.5 Å². The molecule has 8 rings (SSSR count). The summed E-state index contributed by atoms with van der Waals surface area (Å²) in [6.45, 7) is 8.82. The first kappa shape index (κ1) is 28.7. The van der Waals surface area contributed by atoms with E-state index in [1.54, 1.807) is 0 Å². The quantitative estimate of drug-likeness (QED) is 0.288. The fourth-order valence-corrected chi connectivity index (χ4v) is 7.22. The van der Waals surface area contributed by atoms with Crippen LogP contribution in [-0.4, -0.2) is 16.4 Å². The minimum atomic E-state index is 0.884. The Balaban J connectivity index is 1.51. The number of aromatic nitrogens is 1. The molecule has 2 aliphatic carbocycles. The zero-order valence-electron chi connectivity index (χ0n) is 27.2. The molecule has 3 aromatic rings. The zero-order chi connectivity index (χ0) is 32.1. The molecule has 3 aliphatic heterocycles. The number of aromatic amines is 1. The normalized spacial score (nSPS) is 17.9. The van der Waals surface area contributed by atoms with Gasteiger partial charge in [0.2, 0.25) is 0 Å². The van der Waals surface area contributed by atoms with Crippen LogP contribution in [-0.2, 0) is 0 Å². The molecule has 0 atom stereocenters. The Labute approximate surface area is 275 Å². The smallest absolute Gasteiger partial charge is 0.0693 e. The monoisotopic (exact) mass is 605 g/mol. The van der Waals surface area contributed by atoms with Crippen LogP contribution in [0.5, 0.6) is 0 Å². The highest BCUT2D eigenvalue weighted by Crippen LogP contribution is 2.39. The van der Waals surface area contributed by atoms with E-state index in [0.717, 1.165) is 90.9 Å². The molecular formula is C44H35N3. The molecule has 0 saturated heterocycles. The Morgan fingerprint density at radius 2 is 1.17 bits per heavy atom. The van der Waals surface area contributed by atoms with Gasteiger partial charge in [0.05, 0.1) is 22.8 Å². The number of fused-ring (bicyclic) bond motifs is 7. The Bertz CT molecular complexity index is 2410. The third-order valence-corrected chi connectivity index (χ3v) is 9.58. The summed E-state index contributed by atoms with van der Waals surface area (Å²) in [5.41, 5.74) is 24.9. The maximum atomic E-state index is 5.30. The maximum Gasteiger partial charge on any atom is 0.0693 e. The Morgan fingerprint density at radius 1 is 0.638 bits per heavy atom. The second-order valence-electron chi connectivity index (χ2n) is 12.3. The predicted molar refractivity (Wildman–Crippen MR) is 196 cm³/mol. The second kappa shape index (κ2) is 11.6. The standard InChI is InChI=1S/C44H35N3/c1-5-33-27(3)37-23-31-22-32(36-21-15-9-14-20-35(31)36)24-38-28(4)34(6-2)40(46-38)26-42-44(30-18-12-8-13-19-30)43(29-16-10-7-11-17-29)41(47-42)25-39(33)45-37/h7-20,23-26,47H,5-6H2,1-4H3. The lowest BCUT2D eigenvalue weighted by atomic mass is 9.95. The number of hydrogen-bond donors (Lipinski definition) is 1. The summed E-state index contributed by atoms with van der Waals surface area (Å²) in [6.07, 6.45) is 18.9. The molecule has 0 radical (unpaired) electrons. The van der Waals surface area contributed by atoms with E-state index >= 15 is 0 Å². The van der Waals surface area contributed by atoms with E-state index in [2.05, 4.69) is 141 Å².